The fourth-order valence-electron chi connectivity index (χ4n) is 3.28. The molecule has 0 aliphatic rings. The van der Waals surface area contributed by atoms with Crippen LogP contribution in [0.2, 0.25) is 10.0 Å². The number of aromatic hydroxyl groups is 1. The Morgan fingerprint density at radius 1 is 1.03 bits per heavy atom. The van der Waals surface area contributed by atoms with Gasteiger partial charge < -0.3 is 5.11 Å². The summed E-state index contributed by atoms with van der Waals surface area (Å²) in [5, 5.41) is 11.8. The SMILES string of the molecule is O=c1c(-c2cc(Cl)cc(Cl)c2)c(O)[n+](C/C=C/c2ccc(Br)cc2)c2ccccn12. The molecule has 0 aliphatic carbocycles. The highest BCUT2D eigenvalue weighted by Gasteiger charge is 2.24. The van der Waals surface area contributed by atoms with Gasteiger partial charge in [0.1, 0.15) is 6.54 Å². The molecule has 4 nitrogen and oxygen atoms in total. The average Bonchev–Trinajstić information content (AvgIpc) is 2.71. The van der Waals surface area contributed by atoms with E-state index in [2.05, 4.69) is 15.9 Å². The number of benzene rings is 2. The van der Waals surface area contributed by atoms with Crippen LogP contribution in [0.1, 0.15) is 5.56 Å². The van der Waals surface area contributed by atoms with Crippen molar-refractivity contribution < 1.29 is 9.67 Å². The zero-order chi connectivity index (χ0) is 21.3. The van der Waals surface area contributed by atoms with E-state index in [4.69, 9.17) is 23.2 Å². The molecule has 4 aromatic rings. The second-order valence-corrected chi connectivity index (χ2v) is 8.44. The van der Waals surface area contributed by atoms with Crippen LogP contribution in [0.4, 0.5) is 0 Å². The summed E-state index contributed by atoms with van der Waals surface area (Å²) in [5.41, 5.74) is 1.84. The van der Waals surface area contributed by atoms with Crippen molar-refractivity contribution in [3.63, 3.8) is 0 Å². The molecule has 0 atom stereocenters. The molecule has 0 aliphatic heterocycles. The van der Waals surface area contributed by atoms with E-state index in [1.165, 1.54) is 4.40 Å². The molecule has 0 amide bonds. The van der Waals surface area contributed by atoms with E-state index in [0.717, 1.165) is 10.0 Å². The lowest BCUT2D eigenvalue weighted by atomic mass is 10.1. The molecule has 2 aromatic heterocycles. The van der Waals surface area contributed by atoms with Crippen LogP contribution in [0.15, 0.2) is 82.2 Å². The number of hydrogen-bond donors (Lipinski definition) is 1. The number of halogens is 3. The number of hydrogen-bond acceptors (Lipinski definition) is 2. The van der Waals surface area contributed by atoms with Crippen LogP contribution in [0, 0.1) is 0 Å². The first kappa shape index (κ1) is 20.7. The third-order valence-corrected chi connectivity index (χ3v) is 5.61. The summed E-state index contributed by atoms with van der Waals surface area (Å²) in [6.07, 6.45) is 5.55. The van der Waals surface area contributed by atoms with Crippen molar-refractivity contribution in [2.45, 2.75) is 6.54 Å². The molecule has 30 heavy (non-hydrogen) atoms. The molecule has 150 valence electrons. The molecular formula is C23H16BrCl2N2O2+. The fourth-order valence-corrected chi connectivity index (χ4v) is 4.07. The molecule has 0 radical (unpaired) electrons. The standard InChI is InChI=1S/C23H15BrCl2N2O2/c24-17-8-6-15(7-9-17)4-3-11-28-20-5-1-2-10-27(20)22(29)21(23(28)30)16-12-18(25)14-19(26)13-16/h1-10,12-14H,11H2/p+1/b4-3+. The molecular weight excluding hydrogens is 487 g/mol. The molecule has 0 fully saturated rings. The van der Waals surface area contributed by atoms with Gasteiger partial charge in [-0.1, -0.05) is 63.4 Å². The van der Waals surface area contributed by atoms with E-state index in [9.17, 15) is 9.90 Å². The molecule has 0 saturated carbocycles. The van der Waals surface area contributed by atoms with Crippen molar-refractivity contribution in [3.05, 3.63) is 103 Å². The Balaban J connectivity index is 1.86. The minimum Gasteiger partial charge on any atom is -0.477 e. The average molecular weight is 503 g/mol. The Labute approximate surface area is 191 Å². The van der Waals surface area contributed by atoms with Crippen molar-refractivity contribution in [2.75, 3.05) is 0 Å². The largest absolute Gasteiger partial charge is 0.477 e. The van der Waals surface area contributed by atoms with Gasteiger partial charge in [-0.3, -0.25) is 0 Å². The maximum absolute atomic E-state index is 13.1. The topological polar surface area (TPSA) is 45.6 Å². The van der Waals surface area contributed by atoms with Gasteiger partial charge in [0.05, 0.1) is 6.20 Å². The number of pyridine rings is 1. The lowest BCUT2D eigenvalue weighted by molar-refractivity contribution is -0.670. The van der Waals surface area contributed by atoms with Crippen LogP contribution in [0.5, 0.6) is 5.88 Å². The molecule has 1 N–H and O–H groups in total. The zero-order valence-electron chi connectivity index (χ0n) is 15.6. The molecule has 7 heteroatoms. The summed E-state index contributed by atoms with van der Waals surface area (Å²) >= 11 is 15.7. The highest BCUT2D eigenvalue weighted by Crippen LogP contribution is 2.29. The fraction of sp³-hybridized carbons (Fsp3) is 0.0435. The number of nitrogens with zero attached hydrogens (tertiary/aromatic N) is 2. The smallest absolute Gasteiger partial charge is 0.354 e. The monoisotopic (exact) mass is 501 g/mol. The van der Waals surface area contributed by atoms with Crippen LogP contribution in [-0.2, 0) is 6.54 Å². The first-order valence-corrected chi connectivity index (χ1v) is 10.6. The van der Waals surface area contributed by atoms with E-state index in [1.54, 1.807) is 41.1 Å². The quantitative estimate of drug-likeness (QED) is 0.361. The van der Waals surface area contributed by atoms with Gasteiger partial charge in [0, 0.05) is 26.1 Å². The van der Waals surface area contributed by atoms with Crippen LogP contribution >= 0.6 is 39.1 Å². The molecule has 0 saturated heterocycles. The third-order valence-electron chi connectivity index (χ3n) is 4.65. The van der Waals surface area contributed by atoms with E-state index in [-0.39, 0.29) is 17.0 Å². The lowest BCUT2D eigenvalue weighted by Gasteiger charge is -2.09. The van der Waals surface area contributed by atoms with Gasteiger partial charge in [0.15, 0.2) is 5.56 Å². The van der Waals surface area contributed by atoms with Crippen LogP contribution in [0.25, 0.3) is 22.9 Å². The number of aromatic nitrogens is 2. The van der Waals surface area contributed by atoms with Crippen LogP contribution in [-0.4, -0.2) is 9.51 Å². The van der Waals surface area contributed by atoms with Crippen molar-refractivity contribution in [1.29, 1.82) is 0 Å². The van der Waals surface area contributed by atoms with Gasteiger partial charge in [0.25, 0.3) is 11.5 Å². The van der Waals surface area contributed by atoms with Gasteiger partial charge in [-0.15, -0.1) is 0 Å². The zero-order valence-corrected chi connectivity index (χ0v) is 18.7. The van der Waals surface area contributed by atoms with Gasteiger partial charge in [-0.25, -0.2) is 4.79 Å². The van der Waals surface area contributed by atoms with Gasteiger partial charge in [-0.05, 0) is 48.0 Å². The summed E-state index contributed by atoms with van der Waals surface area (Å²) in [7, 11) is 0. The maximum Gasteiger partial charge on any atom is 0.354 e. The predicted molar refractivity (Wildman–Crippen MR) is 124 cm³/mol. The lowest BCUT2D eigenvalue weighted by Crippen LogP contribution is -2.40. The van der Waals surface area contributed by atoms with Crippen molar-refractivity contribution in [2.24, 2.45) is 0 Å². The predicted octanol–water partition coefficient (Wildman–Crippen LogP) is 5.74. The molecule has 2 heterocycles. The molecule has 0 unspecified atom stereocenters. The normalized spacial score (nSPS) is 11.4. The van der Waals surface area contributed by atoms with Crippen molar-refractivity contribution >= 4 is 50.9 Å². The van der Waals surface area contributed by atoms with Crippen LogP contribution < -0.4 is 10.1 Å². The second kappa shape index (κ2) is 8.64. The summed E-state index contributed by atoms with van der Waals surface area (Å²) in [5.74, 6) is -0.148. The number of rotatable bonds is 4. The highest BCUT2D eigenvalue weighted by atomic mass is 79.9. The van der Waals surface area contributed by atoms with Gasteiger partial charge in [0.2, 0.25) is 0 Å². The van der Waals surface area contributed by atoms with Gasteiger partial charge in [-0.2, -0.15) is 8.97 Å². The second-order valence-electron chi connectivity index (χ2n) is 6.66. The van der Waals surface area contributed by atoms with E-state index >= 15 is 0 Å². The first-order valence-electron chi connectivity index (χ1n) is 9.09. The number of fused-ring (bicyclic) bond motifs is 1. The third kappa shape index (κ3) is 4.15. The molecule has 2 aromatic carbocycles. The summed E-state index contributed by atoms with van der Waals surface area (Å²) < 4.78 is 4.17. The summed E-state index contributed by atoms with van der Waals surface area (Å²) in [6.45, 7) is 0.358. The summed E-state index contributed by atoms with van der Waals surface area (Å²) in [6, 6.07) is 18.1. The number of allylic oxidation sites excluding steroid dienone is 1. The molecule has 0 bridgehead atoms. The first-order chi connectivity index (χ1) is 14.4. The van der Waals surface area contributed by atoms with E-state index < -0.39 is 0 Å². The molecule has 0 spiro atoms. The Morgan fingerprint density at radius 2 is 1.73 bits per heavy atom. The van der Waals surface area contributed by atoms with E-state index in [1.807, 2.05) is 42.5 Å². The Bertz CT molecular complexity index is 1310. The maximum atomic E-state index is 13.1. The van der Waals surface area contributed by atoms with Crippen molar-refractivity contribution in [3.8, 4) is 17.0 Å². The Kier molecular flexibility index (Phi) is 5.95. The van der Waals surface area contributed by atoms with E-state index in [0.29, 0.717) is 27.8 Å². The van der Waals surface area contributed by atoms with Crippen molar-refractivity contribution in [1.82, 2.24) is 4.40 Å². The Hall–Kier alpha value is -2.60. The molecule has 4 rings (SSSR count). The highest BCUT2D eigenvalue weighted by molar-refractivity contribution is 9.10. The minimum absolute atomic E-state index is 0.139. The minimum atomic E-state index is -0.352. The van der Waals surface area contributed by atoms with Crippen LogP contribution in [0.3, 0.4) is 0 Å². The summed E-state index contributed by atoms with van der Waals surface area (Å²) in [4.78, 5) is 13.1. The Morgan fingerprint density at radius 3 is 2.43 bits per heavy atom. The van der Waals surface area contributed by atoms with Gasteiger partial charge >= 0.3 is 5.56 Å².